The van der Waals surface area contributed by atoms with Gasteiger partial charge in [-0.25, -0.2) is 0 Å². The van der Waals surface area contributed by atoms with Crippen LogP contribution in [-0.4, -0.2) is 11.5 Å². The number of benzene rings is 1. The molecule has 3 heteroatoms. The molecule has 112 valence electrons. The molecule has 0 spiro atoms. The maximum atomic E-state index is 6.38. The number of aryl methyl sites for hydroxylation is 3. The van der Waals surface area contributed by atoms with Gasteiger partial charge in [0.05, 0.1) is 0 Å². The second-order valence-corrected chi connectivity index (χ2v) is 5.94. The molecular formula is C18H23ClN2. The molecule has 0 fully saturated rings. The predicted molar refractivity (Wildman–Crippen MR) is 90.0 cm³/mol. The van der Waals surface area contributed by atoms with Crippen molar-refractivity contribution < 1.29 is 0 Å². The van der Waals surface area contributed by atoms with Crippen molar-refractivity contribution in [1.82, 2.24) is 10.3 Å². The van der Waals surface area contributed by atoms with E-state index in [9.17, 15) is 0 Å². The lowest BCUT2D eigenvalue weighted by Crippen LogP contribution is -2.24. The molecule has 1 unspecified atom stereocenters. The summed E-state index contributed by atoms with van der Waals surface area (Å²) < 4.78 is 0. The first-order valence-electron chi connectivity index (χ1n) is 7.43. The largest absolute Gasteiger partial charge is 0.310 e. The van der Waals surface area contributed by atoms with Crippen LogP contribution in [0.15, 0.2) is 30.3 Å². The fraction of sp³-hybridized carbons (Fsp3) is 0.389. The molecule has 21 heavy (non-hydrogen) atoms. The average Bonchev–Trinajstić information content (AvgIpc) is 2.41. The van der Waals surface area contributed by atoms with E-state index in [0.717, 1.165) is 29.4 Å². The number of halogens is 1. The number of nitrogens with zero attached hydrogens (tertiary/aromatic N) is 1. The third-order valence-corrected chi connectivity index (χ3v) is 4.08. The third kappa shape index (κ3) is 4.05. The molecule has 0 aliphatic heterocycles. The van der Waals surface area contributed by atoms with E-state index in [2.05, 4.69) is 55.3 Å². The minimum absolute atomic E-state index is 0.239. The highest BCUT2D eigenvalue weighted by Gasteiger charge is 2.16. The maximum Gasteiger partial charge on any atom is 0.0441 e. The molecule has 1 heterocycles. The summed E-state index contributed by atoms with van der Waals surface area (Å²) in [6.07, 6.45) is 0.874. The SMILES string of the molecule is CCNC(Cc1ccc(C)cc1Cl)c1ccc(C)nc1C. The van der Waals surface area contributed by atoms with Gasteiger partial charge in [0.25, 0.3) is 0 Å². The zero-order valence-corrected chi connectivity index (χ0v) is 14.0. The zero-order chi connectivity index (χ0) is 15.4. The van der Waals surface area contributed by atoms with Gasteiger partial charge in [-0.3, -0.25) is 4.98 Å². The molecule has 1 aromatic carbocycles. The maximum absolute atomic E-state index is 6.38. The number of likely N-dealkylation sites (N-methyl/N-ethyl adjacent to an activating group) is 1. The number of hydrogen-bond donors (Lipinski definition) is 1. The molecule has 0 saturated heterocycles. The molecule has 2 aromatic rings. The van der Waals surface area contributed by atoms with E-state index in [4.69, 9.17) is 11.6 Å². The molecule has 1 atom stereocenters. The normalized spacial score (nSPS) is 12.4. The van der Waals surface area contributed by atoms with Crippen LogP contribution >= 0.6 is 11.6 Å². The van der Waals surface area contributed by atoms with Crippen molar-refractivity contribution in [3.63, 3.8) is 0 Å². The molecule has 2 nitrogen and oxygen atoms in total. The molecule has 0 aliphatic carbocycles. The Hall–Kier alpha value is -1.38. The second-order valence-electron chi connectivity index (χ2n) is 5.54. The second kappa shape index (κ2) is 7.06. The van der Waals surface area contributed by atoms with Gasteiger partial charge in [0.1, 0.15) is 0 Å². The van der Waals surface area contributed by atoms with Gasteiger partial charge < -0.3 is 5.32 Å². The molecule has 2 rings (SSSR count). The van der Waals surface area contributed by atoms with Gasteiger partial charge in [0, 0.05) is 22.5 Å². The first-order chi connectivity index (χ1) is 10.0. The Bertz CT molecular complexity index is 623. The van der Waals surface area contributed by atoms with E-state index in [1.54, 1.807) is 0 Å². The van der Waals surface area contributed by atoms with Gasteiger partial charge >= 0.3 is 0 Å². The van der Waals surface area contributed by atoms with Crippen molar-refractivity contribution in [3.05, 3.63) is 63.4 Å². The van der Waals surface area contributed by atoms with E-state index in [0.29, 0.717) is 0 Å². The number of rotatable bonds is 5. The van der Waals surface area contributed by atoms with Crippen molar-refractivity contribution in [2.24, 2.45) is 0 Å². The van der Waals surface area contributed by atoms with Gasteiger partial charge in [-0.1, -0.05) is 36.7 Å². The zero-order valence-electron chi connectivity index (χ0n) is 13.2. The number of pyridine rings is 1. The summed E-state index contributed by atoms with van der Waals surface area (Å²) in [5, 5.41) is 4.39. The first kappa shape index (κ1) is 16.0. The highest BCUT2D eigenvalue weighted by Crippen LogP contribution is 2.26. The summed E-state index contributed by atoms with van der Waals surface area (Å²) in [5.41, 5.74) is 5.76. The summed E-state index contributed by atoms with van der Waals surface area (Å²) in [5.74, 6) is 0. The van der Waals surface area contributed by atoms with Crippen molar-refractivity contribution in [2.45, 2.75) is 40.2 Å². The van der Waals surface area contributed by atoms with Gasteiger partial charge in [-0.05, 0) is 62.6 Å². The molecule has 0 radical (unpaired) electrons. The summed E-state index contributed by atoms with van der Waals surface area (Å²) in [6, 6.07) is 10.8. The minimum atomic E-state index is 0.239. The van der Waals surface area contributed by atoms with Crippen LogP contribution in [0.2, 0.25) is 5.02 Å². The summed E-state index contributed by atoms with van der Waals surface area (Å²) in [4.78, 5) is 4.58. The van der Waals surface area contributed by atoms with E-state index in [-0.39, 0.29) is 6.04 Å². The lowest BCUT2D eigenvalue weighted by molar-refractivity contribution is 0.545. The fourth-order valence-corrected chi connectivity index (χ4v) is 2.95. The highest BCUT2D eigenvalue weighted by molar-refractivity contribution is 6.31. The van der Waals surface area contributed by atoms with Crippen LogP contribution in [0.5, 0.6) is 0 Å². The Morgan fingerprint density at radius 2 is 1.90 bits per heavy atom. The molecule has 0 saturated carbocycles. The van der Waals surface area contributed by atoms with Gasteiger partial charge in [0.2, 0.25) is 0 Å². The molecule has 0 amide bonds. The lowest BCUT2D eigenvalue weighted by Gasteiger charge is -2.21. The van der Waals surface area contributed by atoms with Crippen LogP contribution in [0.4, 0.5) is 0 Å². The Morgan fingerprint density at radius 3 is 2.52 bits per heavy atom. The van der Waals surface area contributed by atoms with Crippen molar-refractivity contribution in [3.8, 4) is 0 Å². The van der Waals surface area contributed by atoms with Crippen LogP contribution in [0.1, 0.15) is 41.0 Å². The Labute approximate surface area is 132 Å². The predicted octanol–water partition coefficient (Wildman–Crippen LogP) is 4.55. The van der Waals surface area contributed by atoms with Crippen LogP contribution in [0.25, 0.3) is 0 Å². The van der Waals surface area contributed by atoms with E-state index in [1.807, 2.05) is 13.0 Å². The van der Waals surface area contributed by atoms with Gasteiger partial charge in [-0.2, -0.15) is 0 Å². The standard InChI is InChI=1S/C18H23ClN2/c1-5-20-18(16-9-7-13(3)21-14(16)4)11-15-8-6-12(2)10-17(15)19/h6-10,18,20H,5,11H2,1-4H3. The van der Waals surface area contributed by atoms with Crippen molar-refractivity contribution >= 4 is 11.6 Å². The monoisotopic (exact) mass is 302 g/mol. The fourth-order valence-electron chi connectivity index (χ4n) is 2.64. The Balaban J connectivity index is 2.30. The van der Waals surface area contributed by atoms with E-state index >= 15 is 0 Å². The smallest absolute Gasteiger partial charge is 0.0441 e. The Kier molecular flexibility index (Phi) is 5.38. The lowest BCUT2D eigenvalue weighted by atomic mass is 9.97. The molecule has 1 N–H and O–H groups in total. The van der Waals surface area contributed by atoms with E-state index < -0.39 is 0 Å². The molecule has 0 aliphatic rings. The summed E-state index contributed by atoms with van der Waals surface area (Å²) >= 11 is 6.38. The van der Waals surface area contributed by atoms with Crippen molar-refractivity contribution in [2.75, 3.05) is 6.54 Å². The number of aromatic nitrogens is 1. The topological polar surface area (TPSA) is 24.9 Å². The molecular weight excluding hydrogens is 280 g/mol. The quantitative estimate of drug-likeness (QED) is 0.876. The highest BCUT2D eigenvalue weighted by atomic mass is 35.5. The van der Waals surface area contributed by atoms with E-state index in [1.165, 1.54) is 16.7 Å². The minimum Gasteiger partial charge on any atom is -0.310 e. The summed E-state index contributed by atoms with van der Waals surface area (Å²) in [6.45, 7) is 9.20. The van der Waals surface area contributed by atoms with Crippen LogP contribution in [0, 0.1) is 20.8 Å². The van der Waals surface area contributed by atoms with Crippen LogP contribution in [0.3, 0.4) is 0 Å². The summed E-state index contributed by atoms with van der Waals surface area (Å²) in [7, 11) is 0. The van der Waals surface area contributed by atoms with Crippen LogP contribution < -0.4 is 5.32 Å². The van der Waals surface area contributed by atoms with Gasteiger partial charge in [-0.15, -0.1) is 0 Å². The number of nitrogens with one attached hydrogen (secondary N) is 1. The number of hydrogen-bond acceptors (Lipinski definition) is 2. The third-order valence-electron chi connectivity index (χ3n) is 3.72. The molecule has 1 aromatic heterocycles. The van der Waals surface area contributed by atoms with Crippen molar-refractivity contribution in [1.29, 1.82) is 0 Å². The first-order valence-corrected chi connectivity index (χ1v) is 7.81. The van der Waals surface area contributed by atoms with Gasteiger partial charge in [0.15, 0.2) is 0 Å². The Morgan fingerprint density at radius 1 is 1.14 bits per heavy atom. The average molecular weight is 303 g/mol. The van der Waals surface area contributed by atoms with Crippen LogP contribution in [-0.2, 0) is 6.42 Å². The molecule has 0 bridgehead atoms.